The molecule has 0 amide bonds. The monoisotopic (exact) mass is 264 g/mol. The van der Waals surface area contributed by atoms with Gasteiger partial charge in [-0.2, -0.15) is 0 Å². The molecule has 3 fully saturated rings. The minimum absolute atomic E-state index is 0.485. The largest absolute Gasteiger partial charge is 0.327 e. The molecule has 1 aliphatic heterocycles. The summed E-state index contributed by atoms with van der Waals surface area (Å²) in [5, 5.41) is 0. The Hall–Kier alpha value is -0.0800. The molecule has 1 saturated heterocycles. The number of piperidine rings is 1. The van der Waals surface area contributed by atoms with E-state index >= 15 is 0 Å². The first-order valence-corrected chi connectivity index (χ1v) is 8.75. The van der Waals surface area contributed by atoms with E-state index in [1.165, 1.54) is 90.3 Å². The zero-order valence-corrected chi connectivity index (χ0v) is 12.6. The molecule has 2 N–H and O–H groups in total. The third-order valence-corrected chi connectivity index (χ3v) is 6.29. The maximum atomic E-state index is 6.31. The highest BCUT2D eigenvalue weighted by atomic mass is 15.1. The fourth-order valence-electron chi connectivity index (χ4n) is 4.81. The van der Waals surface area contributed by atoms with Gasteiger partial charge in [0.25, 0.3) is 0 Å². The lowest BCUT2D eigenvalue weighted by molar-refractivity contribution is 0.0538. The lowest BCUT2D eigenvalue weighted by atomic mass is 9.68. The van der Waals surface area contributed by atoms with Crippen LogP contribution in [0.3, 0.4) is 0 Å². The minimum Gasteiger partial charge on any atom is -0.327 e. The highest BCUT2D eigenvalue weighted by molar-refractivity contribution is 4.90. The molecule has 1 spiro atoms. The topological polar surface area (TPSA) is 29.3 Å². The van der Waals surface area contributed by atoms with Gasteiger partial charge in [-0.25, -0.2) is 0 Å². The van der Waals surface area contributed by atoms with Gasteiger partial charge in [0, 0.05) is 12.6 Å². The molecule has 0 bridgehead atoms. The van der Waals surface area contributed by atoms with Gasteiger partial charge in [0.1, 0.15) is 0 Å². The minimum atomic E-state index is 0.485. The highest BCUT2D eigenvalue weighted by Crippen LogP contribution is 2.44. The summed E-state index contributed by atoms with van der Waals surface area (Å²) in [5.41, 5.74) is 7.06. The van der Waals surface area contributed by atoms with Crippen LogP contribution in [0.1, 0.15) is 70.6 Å². The van der Waals surface area contributed by atoms with Gasteiger partial charge in [0.05, 0.1) is 0 Å². The number of nitrogens with zero attached hydrogens (tertiary/aromatic N) is 1. The molecule has 0 aromatic rings. The van der Waals surface area contributed by atoms with Crippen molar-refractivity contribution in [1.82, 2.24) is 4.90 Å². The van der Waals surface area contributed by atoms with Crippen LogP contribution in [0, 0.1) is 11.3 Å². The molecule has 0 radical (unpaired) electrons. The Kier molecular flexibility index (Phi) is 4.48. The molecule has 0 aromatic carbocycles. The summed E-state index contributed by atoms with van der Waals surface area (Å²) in [5.74, 6) is 0.786. The average molecular weight is 264 g/mol. The molecule has 2 aliphatic carbocycles. The molecule has 1 heterocycles. The summed E-state index contributed by atoms with van der Waals surface area (Å²) in [6.45, 7) is 3.99. The summed E-state index contributed by atoms with van der Waals surface area (Å²) in [7, 11) is 0. The molecular formula is C17H32N2. The summed E-state index contributed by atoms with van der Waals surface area (Å²) >= 11 is 0. The first kappa shape index (κ1) is 13.9. The summed E-state index contributed by atoms with van der Waals surface area (Å²) in [4.78, 5) is 2.73. The van der Waals surface area contributed by atoms with Crippen LogP contribution >= 0.6 is 0 Å². The number of hydrogen-bond acceptors (Lipinski definition) is 2. The van der Waals surface area contributed by atoms with E-state index in [0.717, 1.165) is 11.3 Å². The van der Waals surface area contributed by atoms with Crippen molar-refractivity contribution in [3.8, 4) is 0 Å². The predicted octanol–water partition coefficient (Wildman–Crippen LogP) is 3.55. The number of rotatable bonds is 2. The second-order valence-electron chi connectivity index (χ2n) is 7.57. The molecule has 2 unspecified atom stereocenters. The van der Waals surface area contributed by atoms with E-state index in [4.69, 9.17) is 5.73 Å². The van der Waals surface area contributed by atoms with Crippen LogP contribution in [0.25, 0.3) is 0 Å². The number of hydrogen-bond donors (Lipinski definition) is 1. The van der Waals surface area contributed by atoms with Crippen molar-refractivity contribution in [1.29, 1.82) is 0 Å². The summed E-state index contributed by atoms with van der Waals surface area (Å²) < 4.78 is 0. The fraction of sp³-hybridized carbons (Fsp3) is 1.00. The Balaban J connectivity index is 1.47. The molecule has 19 heavy (non-hydrogen) atoms. The molecule has 3 aliphatic rings. The SMILES string of the molecule is NC1CCCCC1CN1CCC2(CCCCC2)CC1. The quantitative estimate of drug-likeness (QED) is 0.826. The van der Waals surface area contributed by atoms with Crippen molar-refractivity contribution in [3.63, 3.8) is 0 Å². The molecule has 2 atom stereocenters. The molecule has 110 valence electrons. The molecular weight excluding hydrogens is 232 g/mol. The Bertz CT molecular complexity index is 273. The molecule has 2 saturated carbocycles. The Labute approximate surface area is 119 Å². The normalized spacial score (nSPS) is 36.5. The summed E-state index contributed by atoms with van der Waals surface area (Å²) in [6.07, 6.45) is 15.9. The van der Waals surface area contributed by atoms with Crippen molar-refractivity contribution in [3.05, 3.63) is 0 Å². The Morgan fingerprint density at radius 2 is 1.53 bits per heavy atom. The highest BCUT2D eigenvalue weighted by Gasteiger charge is 2.36. The predicted molar refractivity (Wildman–Crippen MR) is 81.1 cm³/mol. The lowest BCUT2D eigenvalue weighted by Crippen LogP contribution is -2.46. The molecule has 2 heteroatoms. The second-order valence-corrected chi connectivity index (χ2v) is 7.57. The third-order valence-electron chi connectivity index (χ3n) is 6.29. The zero-order valence-electron chi connectivity index (χ0n) is 12.6. The van der Waals surface area contributed by atoms with Crippen LogP contribution in [-0.4, -0.2) is 30.6 Å². The van der Waals surface area contributed by atoms with Crippen molar-refractivity contribution in [2.24, 2.45) is 17.1 Å². The number of nitrogens with two attached hydrogens (primary N) is 1. The maximum Gasteiger partial charge on any atom is 0.00793 e. The summed E-state index contributed by atoms with van der Waals surface area (Å²) in [6, 6.07) is 0.485. The lowest BCUT2D eigenvalue weighted by Gasteiger charge is -2.45. The van der Waals surface area contributed by atoms with Gasteiger partial charge >= 0.3 is 0 Å². The second kappa shape index (κ2) is 6.13. The van der Waals surface area contributed by atoms with Crippen LogP contribution in [0.4, 0.5) is 0 Å². The van der Waals surface area contributed by atoms with E-state index < -0.39 is 0 Å². The average Bonchev–Trinajstić information content (AvgIpc) is 2.45. The first-order valence-electron chi connectivity index (χ1n) is 8.75. The Morgan fingerprint density at radius 1 is 0.842 bits per heavy atom. The molecule has 3 rings (SSSR count). The third kappa shape index (κ3) is 3.33. The van der Waals surface area contributed by atoms with Gasteiger partial charge < -0.3 is 10.6 Å². The van der Waals surface area contributed by atoms with Crippen LogP contribution in [0.5, 0.6) is 0 Å². The van der Waals surface area contributed by atoms with Gasteiger partial charge in [-0.3, -0.25) is 0 Å². The zero-order chi connectivity index (χ0) is 13.1. The van der Waals surface area contributed by atoms with E-state index in [0.29, 0.717) is 6.04 Å². The fourth-order valence-corrected chi connectivity index (χ4v) is 4.81. The van der Waals surface area contributed by atoms with Gasteiger partial charge in [-0.05, 0) is 62.9 Å². The van der Waals surface area contributed by atoms with Crippen LogP contribution < -0.4 is 5.73 Å². The van der Waals surface area contributed by atoms with Gasteiger partial charge in [0.15, 0.2) is 0 Å². The van der Waals surface area contributed by atoms with Crippen molar-refractivity contribution in [2.75, 3.05) is 19.6 Å². The molecule has 2 nitrogen and oxygen atoms in total. The maximum absolute atomic E-state index is 6.31. The van der Waals surface area contributed by atoms with Crippen molar-refractivity contribution in [2.45, 2.75) is 76.7 Å². The van der Waals surface area contributed by atoms with E-state index in [1.54, 1.807) is 0 Å². The van der Waals surface area contributed by atoms with E-state index in [9.17, 15) is 0 Å². The number of likely N-dealkylation sites (tertiary alicyclic amines) is 1. The molecule has 0 aromatic heterocycles. The standard InChI is InChI=1S/C17H32N2/c18-16-7-3-2-6-15(16)14-19-12-10-17(11-13-19)8-4-1-5-9-17/h15-16H,1-14,18H2. The van der Waals surface area contributed by atoms with Crippen molar-refractivity contribution >= 4 is 0 Å². The Morgan fingerprint density at radius 3 is 2.21 bits per heavy atom. The van der Waals surface area contributed by atoms with E-state index in [1.807, 2.05) is 0 Å². The van der Waals surface area contributed by atoms with Crippen molar-refractivity contribution < 1.29 is 0 Å². The first-order chi connectivity index (χ1) is 9.27. The van der Waals surface area contributed by atoms with Crippen LogP contribution in [-0.2, 0) is 0 Å². The van der Waals surface area contributed by atoms with Gasteiger partial charge in [0.2, 0.25) is 0 Å². The van der Waals surface area contributed by atoms with Gasteiger partial charge in [-0.15, -0.1) is 0 Å². The smallest absolute Gasteiger partial charge is 0.00793 e. The van der Waals surface area contributed by atoms with Crippen LogP contribution in [0.15, 0.2) is 0 Å². The van der Waals surface area contributed by atoms with E-state index in [2.05, 4.69) is 4.90 Å². The van der Waals surface area contributed by atoms with E-state index in [-0.39, 0.29) is 0 Å². The van der Waals surface area contributed by atoms with Crippen LogP contribution in [0.2, 0.25) is 0 Å². The van der Waals surface area contributed by atoms with Gasteiger partial charge in [-0.1, -0.05) is 32.1 Å².